The van der Waals surface area contributed by atoms with Gasteiger partial charge < -0.3 is 10.5 Å². The smallest absolute Gasteiger partial charge is 0.214 e. The maximum absolute atomic E-state index is 12.0. The van der Waals surface area contributed by atoms with Gasteiger partial charge in [0.15, 0.2) is 0 Å². The van der Waals surface area contributed by atoms with E-state index in [0.717, 1.165) is 25.7 Å². The van der Waals surface area contributed by atoms with E-state index in [1.165, 1.54) is 0 Å². The van der Waals surface area contributed by atoms with Gasteiger partial charge in [-0.15, -0.1) is 0 Å². The van der Waals surface area contributed by atoms with E-state index in [-0.39, 0.29) is 17.9 Å². The first-order valence-electron chi connectivity index (χ1n) is 6.74. The Morgan fingerprint density at radius 3 is 2.61 bits per heavy atom. The molecule has 0 amide bonds. The van der Waals surface area contributed by atoms with Gasteiger partial charge in [-0.25, -0.2) is 13.1 Å². The summed E-state index contributed by atoms with van der Waals surface area (Å²) in [5.74, 6) is 0.480. The lowest BCUT2D eigenvalue weighted by molar-refractivity contribution is 0.0303. The van der Waals surface area contributed by atoms with Crippen molar-refractivity contribution < 1.29 is 13.2 Å². The Morgan fingerprint density at radius 1 is 1.39 bits per heavy atom. The second kappa shape index (κ2) is 7.43. The Bertz CT molecular complexity index is 324. The van der Waals surface area contributed by atoms with Crippen LogP contribution in [-0.2, 0) is 14.8 Å². The molecule has 18 heavy (non-hydrogen) atoms. The predicted molar refractivity (Wildman–Crippen MR) is 72.8 cm³/mol. The zero-order valence-corrected chi connectivity index (χ0v) is 12.2. The third-order valence-corrected chi connectivity index (χ3v) is 4.57. The van der Waals surface area contributed by atoms with Crippen LogP contribution >= 0.6 is 0 Å². The number of hydrogen-bond donors (Lipinski definition) is 2. The highest BCUT2D eigenvalue weighted by Crippen LogP contribution is 2.14. The molecule has 0 aromatic carbocycles. The van der Waals surface area contributed by atoms with E-state index >= 15 is 0 Å². The summed E-state index contributed by atoms with van der Waals surface area (Å²) in [6.07, 6.45) is 3.52. The summed E-state index contributed by atoms with van der Waals surface area (Å²) in [5.41, 5.74) is 5.60. The summed E-state index contributed by atoms with van der Waals surface area (Å²) in [7, 11) is -3.29. The topological polar surface area (TPSA) is 81.4 Å². The first-order chi connectivity index (χ1) is 8.43. The lowest BCUT2D eigenvalue weighted by atomic mass is 10.1. The number of nitrogens with one attached hydrogen (secondary N) is 1. The zero-order chi connectivity index (χ0) is 13.6. The molecule has 0 spiro atoms. The lowest BCUT2D eigenvalue weighted by Gasteiger charge is -2.24. The molecule has 0 aliphatic carbocycles. The molecule has 6 heteroatoms. The fourth-order valence-corrected chi connectivity index (χ4v) is 3.80. The molecule has 1 heterocycles. The Balaban J connectivity index is 2.46. The van der Waals surface area contributed by atoms with Crippen LogP contribution in [0.15, 0.2) is 0 Å². The monoisotopic (exact) mass is 278 g/mol. The minimum Gasteiger partial charge on any atom is -0.377 e. The van der Waals surface area contributed by atoms with Crippen molar-refractivity contribution in [2.45, 2.75) is 51.7 Å². The molecule has 0 unspecified atom stereocenters. The molecule has 1 fully saturated rings. The van der Waals surface area contributed by atoms with Gasteiger partial charge in [-0.2, -0.15) is 0 Å². The van der Waals surface area contributed by atoms with Crippen LogP contribution in [0.2, 0.25) is 0 Å². The SMILES string of the molecule is CC(C)C[C@@H](CN)NS(=O)(=O)C[C@H]1CCCCO1. The van der Waals surface area contributed by atoms with Gasteiger partial charge in [0.05, 0.1) is 11.9 Å². The van der Waals surface area contributed by atoms with Crippen LogP contribution in [0, 0.1) is 5.92 Å². The molecule has 0 aromatic rings. The minimum absolute atomic E-state index is 0.0571. The standard InChI is InChI=1S/C12H26N2O3S/c1-10(2)7-11(8-13)14-18(15,16)9-12-5-3-4-6-17-12/h10-12,14H,3-9,13H2,1-2H3/t11-,12+/m0/s1. The van der Waals surface area contributed by atoms with E-state index < -0.39 is 10.0 Å². The van der Waals surface area contributed by atoms with Crippen LogP contribution in [0.3, 0.4) is 0 Å². The molecule has 1 rings (SSSR count). The molecular formula is C12H26N2O3S. The quantitative estimate of drug-likeness (QED) is 0.723. The minimum atomic E-state index is -3.29. The molecule has 3 N–H and O–H groups in total. The number of sulfonamides is 1. The fraction of sp³-hybridized carbons (Fsp3) is 1.00. The summed E-state index contributed by atoms with van der Waals surface area (Å²) in [6, 6.07) is -0.168. The molecule has 1 saturated heterocycles. The second-order valence-corrected chi connectivity index (χ2v) is 7.25. The Hall–Kier alpha value is -0.170. The first-order valence-corrected chi connectivity index (χ1v) is 8.40. The molecule has 0 saturated carbocycles. The molecular weight excluding hydrogens is 252 g/mol. The first kappa shape index (κ1) is 15.9. The molecule has 1 aliphatic rings. The Morgan fingerprint density at radius 2 is 2.11 bits per heavy atom. The van der Waals surface area contributed by atoms with E-state index in [1.54, 1.807) is 0 Å². The maximum atomic E-state index is 12.0. The molecule has 0 aromatic heterocycles. The van der Waals surface area contributed by atoms with E-state index in [2.05, 4.69) is 18.6 Å². The van der Waals surface area contributed by atoms with Crippen molar-refractivity contribution in [2.75, 3.05) is 18.9 Å². The van der Waals surface area contributed by atoms with Crippen LogP contribution in [-0.4, -0.2) is 39.5 Å². The number of hydrogen-bond acceptors (Lipinski definition) is 4. The van der Waals surface area contributed by atoms with Crippen LogP contribution < -0.4 is 10.5 Å². The molecule has 108 valence electrons. The van der Waals surface area contributed by atoms with Crippen molar-refractivity contribution >= 4 is 10.0 Å². The van der Waals surface area contributed by atoms with Crippen molar-refractivity contribution in [3.8, 4) is 0 Å². The summed E-state index contributed by atoms with van der Waals surface area (Å²) >= 11 is 0. The molecule has 0 bridgehead atoms. The van der Waals surface area contributed by atoms with Crippen LogP contribution in [0.5, 0.6) is 0 Å². The average Bonchev–Trinajstić information content (AvgIpc) is 2.27. The van der Waals surface area contributed by atoms with Crippen molar-refractivity contribution in [3.63, 3.8) is 0 Å². The highest BCUT2D eigenvalue weighted by molar-refractivity contribution is 7.89. The number of rotatable bonds is 7. The molecule has 2 atom stereocenters. The molecule has 1 aliphatic heterocycles. The van der Waals surface area contributed by atoms with Crippen LogP contribution in [0.25, 0.3) is 0 Å². The molecule has 0 radical (unpaired) electrons. The maximum Gasteiger partial charge on any atom is 0.214 e. The largest absolute Gasteiger partial charge is 0.377 e. The van der Waals surface area contributed by atoms with Gasteiger partial charge >= 0.3 is 0 Å². The van der Waals surface area contributed by atoms with Gasteiger partial charge in [0, 0.05) is 19.2 Å². The van der Waals surface area contributed by atoms with E-state index in [0.29, 0.717) is 19.1 Å². The highest BCUT2D eigenvalue weighted by atomic mass is 32.2. The van der Waals surface area contributed by atoms with Gasteiger partial charge in [-0.3, -0.25) is 0 Å². The van der Waals surface area contributed by atoms with E-state index in [1.807, 2.05) is 0 Å². The third-order valence-electron chi connectivity index (χ3n) is 3.07. The molecule has 5 nitrogen and oxygen atoms in total. The van der Waals surface area contributed by atoms with Crippen molar-refractivity contribution in [3.05, 3.63) is 0 Å². The lowest BCUT2D eigenvalue weighted by Crippen LogP contribution is -2.44. The summed E-state index contributed by atoms with van der Waals surface area (Å²) in [5, 5.41) is 0. The Kier molecular flexibility index (Phi) is 6.55. The number of nitrogens with two attached hydrogens (primary N) is 1. The zero-order valence-electron chi connectivity index (χ0n) is 11.4. The second-order valence-electron chi connectivity index (χ2n) is 5.45. The van der Waals surface area contributed by atoms with Gasteiger partial charge in [0.2, 0.25) is 10.0 Å². The average molecular weight is 278 g/mol. The third kappa shape index (κ3) is 6.13. The predicted octanol–water partition coefficient (Wildman–Crippen LogP) is 0.848. The summed E-state index contributed by atoms with van der Waals surface area (Å²) in [4.78, 5) is 0. The van der Waals surface area contributed by atoms with Crippen molar-refractivity contribution in [2.24, 2.45) is 11.7 Å². The van der Waals surface area contributed by atoms with Gasteiger partial charge in [-0.1, -0.05) is 13.8 Å². The van der Waals surface area contributed by atoms with E-state index in [9.17, 15) is 8.42 Å². The normalized spacial score (nSPS) is 23.2. The van der Waals surface area contributed by atoms with Gasteiger partial charge in [0.25, 0.3) is 0 Å². The highest BCUT2D eigenvalue weighted by Gasteiger charge is 2.24. The van der Waals surface area contributed by atoms with Crippen molar-refractivity contribution in [1.82, 2.24) is 4.72 Å². The number of ether oxygens (including phenoxy) is 1. The van der Waals surface area contributed by atoms with Gasteiger partial charge in [0.1, 0.15) is 0 Å². The summed E-state index contributed by atoms with van der Waals surface area (Å²) < 4.78 is 32.2. The Labute approximate surface area is 111 Å². The van der Waals surface area contributed by atoms with Crippen LogP contribution in [0.4, 0.5) is 0 Å². The van der Waals surface area contributed by atoms with Crippen molar-refractivity contribution in [1.29, 1.82) is 0 Å². The van der Waals surface area contributed by atoms with E-state index in [4.69, 9.17) is 10.5 Å². The summed E-state index contributed by atoms with van der Waals surface area (Å²) in [6.45, 7) is 5.12. The fourth-order valence-electron chi connectivity index (χ4n) is 2.25. The van der Waals surface area contributed by atoms with Gasteiger partial charge in [-0.05, 0) is 31.6 Å². The van der Waals surface area contributed by atoms with Crippen LogP contribution in [0.1, 0.15) is 39.5 Å².